The molecule has 1 unspecified atom stereocenters. The Balaban J connectivity index is 1.45. The molecule has 0 bridgehead atoms. The predicted octanol–water partition coefficient (Wildman–Crippen LogP) is 4.45. The first kappa shape index (κ1) is 20.3. The van der Waals surface area contributed by atoms with E-state index in [1.54, 1.807) is 29.1 Å². The summed E-state index contributed by atoms with van der Waals surface area (Å²) < 4.78 is 7.35. The predicted molar refractivity (Wildman–Crippen MR) is 123 cm³/mol. The van der Waals surface area contributed by atoms with Crippen LogP contribution in [0.2, 0.25) is 0 Å². The molecule has 5 rings (SSSR count). The van der Waals surface area contributed by atoms with Crippen molar-refractivity contribution in [2.75, 3.05) is 0 Å². The van der Waals surface area contributed by atoms with Gasteiger partial charge < -0.3 is 14.8 Å². The van der Waals surface area contributed by atoms with E-state index in [1.807, 2.05) is 43.5 Å². The zero-order chi connectivity index (χ0) is 22.3. The monoisotopic (exact) mass is 427 g/mol. The lowest BCUT2D eigenvalue weighted by molar-refractivity contribution is 0.433. The van der Waals surface area contributed by atoms with Crippen molar-refractivity contribution in [2.45, 2.75) is 39.3 Å². The van der Waals surface area contributed by atoms with Crippen LogP contribution in [0.5, 0.6) is 0 Å². The van der Waals surface area contributed by atoms with Crippen molar-refractivity contribution < 1.29 is 4.52 Å². The number of benzene rings is 1. The van der Waals surface area contributed by atoms with E-state index in [0.29, 0.717) is 22.8 Å². The molecule has 3 aromatic heterocycles. The first-order chi connectivity index (χ1) is 15.4. The van der Waals surface area contributed by atoms with Gasteiger partial charge in [-0.25, -0.2) is 4.98 Å². The molecule has 0 spiro atoms. The summed E-state index contributed by atoms with van der Waals surface area (Å²) in [7, 11) is 0. The van der Waals surface area contributed by atoms with Crippen LogP contribution < -0.4 is 11.3 Å². The number of pyridine rings is 1. The van der Waals surface area contributed by atoms with Gasteiger partial charge in [0.1, 0.15) is 11.4 Å². The Hall–Kier alpha value is -3.58. The van der Waals surface area contributed by atoms with E-state index in [0.717, 1.165) is 36.1 Å². The van der Waals surface area contributed by atoms with Gasteiger partial charge in [-0.2, -0.15) is 0 Å². The van der Waals surface area contributed by atoms with Crippen LogP contribution in [0.4, 0.5) is 0 Å². The van der Waals surface area contributed by atoms with E-state index in [2.05, 4.69) is 17.1 Å². The van der Waals surface area contributed by atoms with Crippen molar-refractivity contribution in [3.05, 3.63) is 77.0 Å². The second kappa shape index (κ2) is 7.84. The minimum atomic E-state index is -0.0605. The van der Waals surface area contributed by atoms with Gasteiger partial charge in [-0.05, 0) is 42.9 Å². The number of hydrogen-bond donors (Lipinski definition) is 1. The molecule has 2 N–H and O–H groups in total. The average molecular weight is 428 g/mol. The molecule has 1 saturated carbocycles. The average Bonchev–Trinajstić information content (AvgIpc) is 3.32. The van der Waals surface area contributed by atoms with E-state index in [4.69, 9.17) is 15.2 Å². The Morgan fingerprint density at radius 3 is 2.69 bits per heavy atom. The van der Waals surface area contributed by atoms with E-state index >= 15 is 0 Å². The van der Waals surface area contributed by atoms with Crippen molar-refractivity contribution in [3.63, 3.8) is 0 Å². The SMILES string of the molecule is CC(N)c1cccc(-c2cc(-c3cncc(-c4ccc(=O)n(CC5(C)CC5)c4)n3)on2)c1. The maximum Gasteiger partial charge on any atom is 0.250 e. The third kappa shape index (κ3) is 4.11. The van der Waals surface area contributed by atoms with Gasteiger partial charge in [-0.3, -0.25) is 9.78 Å². The van der Waals surface area contributed by atoms with Gasteiger partial charge in [-0.15, -0.1) is 0 Å². The van der Waals surface area contributed by atoms with Gasteiger partial charge in [0.15, 0.2) is 5.76 Å². The molecule has 0 saturated heterocycles. The number of nitrogens with zero attached hydrogens (tertiary/aromatic N) is 4. The van der Waals surface area contributed by atoms with E-state index in [1.165, 1.54) is 0 Å². The summed E-state index contributed by atoms with van der Waals surface area (Å²) in [4.78, 5) is 21.4. The topological polar surface area (TPSA) is 99.8 Å². The zero-order valence-corrected chi connectivity index (χ0v) is 18.2. The van der Waals surface area contributed by atoms with Gasteiger partial charge in [-0.1, -0.05) is 30.3 Å². The highest BCUT2D eigenvalue weighted by Gasteiger charge is 2.37. The van der Waals surface area contributed by atoms with Gasteiger partial charge in [0.05, 0.1) is 18.1 Å². The van der Waals surface area contributed by atoms with Crippen LogP contribution >= 0.6 is 0 Å². The molecule has 7 heteroatoms. The van der Waals surface area contributed by atoms with Crippen molar-refractivity contribution in [1.29, 1.82) is 0 Å². The van der Waals surface area contributed by atoms with Gasteiger partial charge in [0.25, 0.3) is 5.56 Å². The number of hydrogen-bond acceptors (Lipinski definition) is 6. The molecular weight excluding hydrogens is 402 g/mol. The zero-order valence-electron chi connectivity index (χ0n) is 18.2. The first-order valence-corrected chi connectivity index (χ1v) is 10.8. The Kier molecular flexibility index (Phi) is 4.98. The number of rotatable bonds is 6. The lowest BCUT2D eigenvalue weighted by atomic mass is 10.0. The third-order valence-corrected chi connectivity index (χ3v) is 6.04. The smallest absolute Gasteiger partial charge is 0.250 e. The molecule has 1 aliphatic carbocycles. The van der Waals surface area contributed by atoms with Crippen LogP contribution in [-0.2, 0) is 6.54 Å². The van der Waals surface area contributed by atoms with Crippen LogP contribution in [0, 0.1) is 5.41 Å². The van der Waals surface area contributed by atoms with Gasteiger partial charge in [0, 0.05) is 42.0 Å². The summed E-state index contributed by atoms with van der Waals surface area (Å²) in [5.41, 5.74) is 11.0. The minimum Gasteiger partial charge on any atom is -0.354 e. The highest BCUT2D eigenvalue weighted by atomic mass is 16.5. The van der Waals surface area contributed by atoms with E-state index in [-0.39, 0.29) is 17.0 Å². The Labute approximate surface area is 185 Å². The summed E-state index contributed by atoms with van der Waals surface area (Å²) in [6, 6.07) is 13.1. The Bertz CT molecular complexity index is 1330. The van der Waals surface area contributed by atoms with Crippen LogP contribution in [0.15, 0.2) is 70.4 Å². The highest BCUT2D eigenvalue weighted by Crippen LogP contribution is 2.46. The minimum absolute atomic E-state index is 0.0000989. The molecule has 1 atom stereocenters. The number of nitrogens with two attached hydrogens (primary N) is 1. The molecule has 32 heavy (non-hydrogen) atoms. The highest BCUT2D eigenvalue weighted by molar-refractivity contribution is 5.67. The quantitative estimate of drug-likeness (QED) is 0.488. The van der Waals surface area contributed by atoms with Gasteiger partial charge >= 0.3 is 0 Å². The van der Waals surface area contributed by atoms with Crippen LogP contribution in [0.1, 0.15) is 38.3 Å². The lowest BCUT2D eigenvalue weighted by Gasteiger charge is -2.12. The summed E-state index contributed by atoms with van der Waals surface area (Å²) in [6.07, 6.45) is 7.51. The second-order valence-electron chi connectivity index (χ2n) is 8.97. The van der Waals surface area contributed by atoms with Crippen molar-refractivity contribution >= 4 is 0 Å². The maximum atomic E-state index is 12.3. The molecular formula is C25H25N5O2. The largest absolute Gasteiger partial charge is 0.354 e. The van der Waals surface area contributed by atoms with Crippen LogP contribution in [0.25, 0.3) is 34.0 Å². The summed E-state index contributed by atoms with van der Waals surface area (Å²) >= 11 is 0. The fourth-order valence-electron chi connectivity index (χ4n) is 3.73. The molecule has 0 radical (unpaired) electrons. The standard InChI is InChI=1S/C25H25N5O2/c1-16(26)17-4-3-5-18(10-17)20-11-23(32-29-20)22-13-27-12-21(28-22)19-6-7-24(31)30(14-19)15-25(2)8-9-25/h3-7,10-14,16H,8-9,15,26H2,1-2H3. The van der Waals surface area contributed by atoms with Gasteiger partial charge in [0.2, 0.25) is 0 Å². The number of aromatic nitrogens is 4. The van der Waals surface area contributed by atoms with E-state index < -0.39 is 0 Å². The molecule has 0 aliphatic heterocycles. The molecule has 3 heterocycles. The fourth-order valence-corrected chi connectivity index (χ4v) is 3.73. The summed E-state index contributed by atoms with van der Waals surface area (Å²) in [6.45, 7) is 4.87. The van der Waals surface area contributed by atoms with Crippen LogP contribution in [-0.4, -0.2) is 19.7 Å². The molecule has 162 valence electrons. The van der Waals surface area contributed by atoms with Crippen molar-refractivity contribution in [3.8, 4) is 34.0 Å². The molecule has 1 fully saturated rings. The van der Waals surface area contributed by atoms with E-state index in [9.17, 15) is 4.79 Å². The molecule has 1 aromatic carbocycles. The summed E-state index contributed by atoms with van der Waals surface area (Å²) in [5.74, 6) is 0.527. The molecule has 1 aliphatic rings. The maximum absolute atomic E-state index is 12.3. The molecule has 4 aromatic rings. The first-order valence-electron chi connectivity index (χ1n) is 10.8. The normalized spacial score (nSPS) is 15.5. The van der Waals surface area contributed by atoms with Crippen molar-refractivity contribution in [1.82, 2.24) is 19.7 Å². The van der Waals surface area contributed by atoms with Crippen molar-refractivity contribution in [2.24, 2.45) is 11.1 Å². The fraction of sp³-hybridized carbons (Fsp3) is 0.280. The third-order valence-electron chi connectivity index (χ3n) is 6.04. The Morgan fingerprint density at radius 1 is 1.09 bits per heavy atom. The molecule has 0 amide bonds. The second-order valence-corrected chi connectivity index (χ2v) is 8.97. The Morgan fingerprint density at radius 2 is 1.91 bits per heavy atom. The molecule has 7 nitrogen and oxygen atoms in total. The lowest BCUT2D eigenvalue weighted by Crippen LogP contribution is -2.22. The van der Waals surface area contributed by atoms with Crippen LogP contribution in [0.3, 0.4) is 0 Å². The summed E-state index contributed by atoms with van der Waals surface area (Å²) in [5, 5.41) is 4.21.